The molecule has 1 heterocycles. The zero-order valence-electron chi connectivity index (χ0n) is 14.1. The average molecular weight is 306 g/mol. The Kier molecular flexibility index (Phi) is 4.31. The van der Waals surface area contributed by atoms with Crippen molar-refractivity contribution in [1.29, 1.82) is 0 Å². The number of hydrogen-bond acceptors (Lipinski definition) is 3. The van der Waals surface area contributed by atoms with E-state index in [-0.39, 0.29) is 23.0 Å². The molecule has 6 nitrogen and oxygen atoms in total. The fourth-order valence-electron chi connectivity index (χ4n) is 3.91. The van der Waals surface area contributed by atoms with Crippen LogP contribution < -0.4 is 10.6 Å². The van der Waals surface area contributed by atoms with Gasteiger partial charge in [0.15, 0.2) is 0 Å². The van der Waals surface area contributed by atoms with Crippen molar-refractivity contribution in [3.8, 4) is 0 Å². The van der Waals surface area contributed by atoms with Crippen LogP contribution in [0.2, 0.25) is 0 Å². The van der Waals surface area contributed by atoms with E-state index in [1.807, 2.05) is 26.8 Å². The van der Waals surface area contributed by atoms with Gasteiger partial charge in [0, 0.05) is 17.3 Å². The van der Waals surface area contributed by atoms with E-state index < -0.39 is 0 Å². The van der Waals surface area contributed by atoms with Gasteiger partial charge in [-0.05, 0) is 51.5 Å². The molecule has 0 spiro atoms. The summed E-state index contributed by atoms with van der Waals surface area (Å²) in [4.78, 5) is 23.3. The quantitative estimate of drug-likeness (QED) is 0.840. The van der Waals surface area contributed by atoms with Crippen LogP contribution >= 0.6 is 0 Å². The first-order valence-electron chi connectivity index (χ1n) is 7.70. The lowest BCUT2D eigenvalue weighted by atomic mass is 9.67. The van der Waals surface area contributed by atoms with Crippen LogP contribution in [0.4, 0.5) is 4.79 Å². The number of aromatic nitrogens is 2. The molecule has 22 heavy (non-hydrogen) atoms. The van der Waals surface area contributed by atoms with E-state index in [2.05, 4.69) is 29.6 Å². The van der Waals surface area contributed by atoms with Gasteiger partial charge < -0.3 is 10.6 Å². The Balaban J connectivity index is 2.12. The van der Waals surface area contributed by atoms with Crippen LogP contribution in [-0.2, 0) is 4.79 Å². The number of hydrogen-bond donors (Lipinski definition) is 2. The van der Waals surface area contributed by atoms with Crippen molar-refractivity contribution in [3.05, 3.63) is 17.5 Å². The molecule has 1 aromatic rings. The maximum Gasteiger partial charge on any atom is 0.342 e. The van der Waals surface area contributed by atoms with Crippen molar-refractivity contribution >= 4 is 12.4 Å². The summed E-state index contributed by atoms with van der Waals surface area (Å²) in [5.74, 6) is 0. The summed E-state index contributed by atoms with van der Waals surface area (Å²) in [6.07, 6.45) is 3.25. The molecule has 2 rings (SSSR count). The summed E-state index contributed by atoms with van der Waals surface area (Å²) >= 11 is 0. The van der Waals surface area contributed by atoms with Crippen molar-refractivity contribution in [3.63, 3.8) is 0 Å². The molecule has 0 saturated heterocycles. The highest BCUT2D eigenvalue weighted by molar-refractivity contribution is 5.76. The fourth-order valence-corrected chi connectivity index (χ4v) is 3.91. The Morgan fingerprint density at radius 3 is 2.59 bits per heavy atom. The minimum Gasteiger partial charge on any atom is -0.353 e. The summed E-state index contributed by atoms with van der Waals surface area (Å²) in [7, 11) is 0. The first-order chi connectivity index (χ1) is 10.1. The highest BCUT2D eigenvalue weighted by Gasteiger charge is 2.41. The molecule has 0 aliphatic heterocycles. The lowest BCUT2D eigenvalue weighted by molar-refractivity contribution is -0.111. The Morgan fingerprint density at radius 1 is 1.36 bits per heavy atom. The molecule has 2 amide bonds. The third-order valence-electron chi connectivity index (χ3n) is 4.30. The van der Waals surface area contributed by atoms with Gasteiger partial charge in [0.05, 0.1) is 5.69 Å². The van der Waals surface area contributed by atoms with Gasteiger partial charge in [-0.1, -0.05) is 13.8 Å². The Labute approximate surface area is 131 Å². The number of nitrogens with zero attached hydrogens (tertiary/aromatic N) is 2. The lowest BCUT2D eigenvalue weighted by Gasteiger charge is -2.46. The average Bonchev–Trinajstić information content (AvgIpc) is 2.65. The van der Waals surface area contributed by atoms with Crippen molar-refractivity contribution in [2.75, 3.05) is 0 Å². The van der Waals surface area contributed by atoms with E-state index in [0.29, 0.717) is 0 Å². The van der Waals surface area contributed by atoms with Crippen molar-refractivity contribution in [2.45, 2.75) is 65.5 Å². The molecule has 2 N–H and O–H groups in total. The van der Waals surface area contributed by atoms with E-state index >= 15 is 0 Å². The van der Waals surface area contributed by atoms with Crippen LogP contribution in [0.15, 0.2) is 6.07 Å². The van der Waals surface area contributed by atoms with Crippen LogP contribution in [-0.4, -0.2) is 33.8 Å². The van der Waals surface area contributed by atoms with Crippen molar-refractivity contribution in [1.82, 2.24) is 20.4 Å². The smallest absolute Gasteiger partial charge is 0.342 e. The minimum atomic E-state index is -0.295. The van der Waals surface area contributed by atoms with Gasteiger partial charge in [-0.2, -0.15) is 9.78 Å². The van der Waals surface area contributed by atoms with Gasteiger partial charge in [0.1, 0.15) is 0 Å². The van der Waals surface area contributed by atoms with E-state index in [1.54, 1.807) is 0 Å². The zero-order chi connectivity index (χ0) is 16.5. The van der Waals surface area contributed by atoms with Crippen LogP contribution in [0.25, 0.3) is 0 Å². The second-order valence-electron chi connectivity index (χ2n) is 7.56. The number of rotatable bonds is 3. The lowest BCUT2D eigenvalue weighted by Crippen LogP contribution is -2.56. The molecule has 0 aromatic carbocycles. The first kappa shape index (κ1) is 16.5. The first-order valence-corrected chi connectivity index (χ1v) is 7.70. The molecule has 122 valence electrons. The maximum absolute atomic E-state index is 12.4. The molecule has 1 aromatic heterocycles. The molecule has 2 unspecified atom stereocenters. The fraction of sp³-hybridized carbons (Fsp3) is 0.688. The van der Waals surface area contributed by atoms with Crippen molar-refractivity contribution in [2.24, 2.45) is 5.41 Å². The summed E-state index contributed by atoms with van der Waals surface area (Å²) in [6, 6.07) is 1.68. The minimum absolute atomic E-state index is 0.0117. The molecule has 1 fully saturated rings. The summed E-state index contributed by atoms with van der Waals surface area (Å²) in [6.45, 7) is 10.1. The van der Waals surface area contributed by atoms with Gasteiger partial charge >= 0.3 is 6.03 Å². The number of amides is 2. The van der Waals surface area contributed by atoms with Crippen LogP contribution in [0, 0.1) is 19.3 Å². The maximum atomic E-state index is 12.4. The second kappa shape index (κ2) is 5.74. The van der Waals surface area contributed by atoms with Crippen LogP contribution in [0.1, 0.15) is 51.4 Å². The molecule has 0 bridgehead atoms. The van der Waals surface area contributed by atoms with Crippen LogP contribution in [0.5, 0.6) is 0 Å². The highest BCUT2D eigenvalue weighted by Crippen LogP contribution is 2.40. The molecule has 1 aliphatic carbocycles. The molecule has 2 atom stereocenters. The largest absolute Gasteiger partial charge is 0.353 e. The predicted octanol–water partition coefficient (Wildman–Crippen LogP) is 2.14. The monoisotopic (exact) mass is 306 g/mol. The second-order valence-corrected chi connectivity index (χ2v) is 7.56. The standard InChI is InChI=1S/C16H26N4O2/c1-11-6-12(2)20(19-11)14(22)18-13-7-15(3,4)9-16(5,8-13)17-10-21/h6,10,13H,7-9H2,1-5H3,(H,17,21)(H,18,22). The van der Waals surface area contributed by atoms with Gasteiger partial charge in [0.2, 0.25) is 6.41 Å². The number of aryl methyl sites for hydroxylation is 2. The molecule has 1 aliphatic rings. The predicted molar refractivity (Wildman–Crippen MR) is 84.7 cm³/mol. The topological polar surface area (TPSA) is 76.0 Å². The van der Waals surface area contributed by atoms with Crippen LogP contribution in [0.3, 0.4) is 0 Å². The number of nitrogens with one attached hydrogen (secondary N) is 2. The third-order valence-corrected chi connectivity index (χ3v) is 4.30. The number of carbonyl (C=O) groups is 2. The summed E-state index contributed by atoms with van der Waals surface area (Å²) in [5, 5.41) is 10.2. The Morgan fingerprint density at radius 2 is 2.05 bits per heavy atom. The van der Waals surface area contributed by atoms with E-state index in [9.17, 15) is 9.59 Å². The van der Waals surface area contributed by atoms with Crippen molar-refractivity contribution < 1.29 is 9.59 Å². The summed E-state index contributed by atoms with van der Waals surface area (Å²) < 4.78 is 1.40. The molecule has 1 saturated carbocycles. The zero-order valence-corrected chi connectivity index (χ0v) is 14.1. The van der Waals surface area contributed by atoms with E-state index in [4.69, 9.17) is 0 Å². The van der Waals surface area contributed by atoms with E-state index in [1.165, 1.54) is 4.68 Å². The molecule has 0 radical (unpaired) electrons. The molecule has 6 heteroatoms. The Bertz CT molecular complexity index is 579. The molecular formula is C16H26N4O2. The summed E-state index contributed by atoms with van der Waals surface area (Å²) in [5.41, 5.74) is 1.40. The Hall–Kier alpha value is -1.85. The normalized spacial score (nSPS) is 27.2. The van der Waals surface area contributed by atoms with Gasteiger partial charge in [-0.25, -0.2) is 4.79 Å². The SMILES string of the molecule is Cc1cc(C)n(C(=O)NC2CC(C)(C)CC(C)(NC=O)C2)n1. The van der Waals surface area contributed by atoms with Gasteiger partial charge in [-0.15, -0.1) is 0 Å². The van der Waals surface area contributed by atoms with E-state index in [0.717, 1.165) is 37.1 Å². The highest BCUT2D eigenvalue weighted by atomic mass is 16.2. The third kappa shape index (κ3) is 3.67. The van der Waals surface area contributed by atoms with Gasteiger partial charge in [0.25, 0.3) is 0 Å². The van der Waals surface area contributed by atoms with Gasteiger partial charge in [-0.3, -0.25) is 4.79 Å². The molecular weight excluding hydrogens is 280 g/mol. The number of carbonyl (C=O) groups excluding carboxylic acids is 2.